The average molecular weight is 186 g/mol. The Bertz CT molecular complexity index is 76.0. The van der Waals surface area contributed by atoms with E-state index in [4.69, 9.17) is 0 Å². The van der Waals surface area contributed by atoms with Crippen LogP contribution in [0, 0.1) is 11.8 Å². The Labute approximate surface area is 86.1 Å². The fourth-order valence-electron chi connectivity index (χ4n) is 1.74. The van der Waals surface area contributed by atoms with Gasteiger partial charge in [-0.3, -0.25) is 0 Å². The van der Waals surface area contributed by atoms with Crippen LogP contribution in [-0.4, -0.2) is 0 Å². The summed E-state index contributed by atoms with van der Waals surface area (Å²) in [5, 5.41) is 0. The Kier molecular flexibility index (Phi) is 12.0. The molecule has 0 atom stereocenters. The normalized spacial score (nSPS) is 10.6. The highest BCUT2D eigenvalue weighted by Crippen LogP contribution is 2.23. The standard InChI is InChI=1S/C12H26.CH4/c1-5-7-9-12(11(3)4)10-8-6-2;/h11-12H,5-10H2,1-4H3;1H4. The van der Waals surface area contributed by atoms with Crippen molar-refractivity contribution >= 4 is 0 Å². The van der Waals surface area contributed by atoms with Gasteiger partial charge in [0.05, 0.1) is 0 Å². The van der Waals surface area contributed by atoms with Crippen molar-refractivity contribution in [2.24, 2.45) is 11.8 Å². The largest absolute Gasteiger partial charge is 0.0776 e. The topological polar surface area (TPSA) is 0 Å². The Balaban J connectivity index is 0. The highest BCUT2D eigenvalue weighted by molar-refractivity contribution is 4.62. The summed E-state index contributed by atoms with van der Waals surface area (Å²) in [6.07, 6.45) is 8.46. The van der Waals surface area contributed by atoms with Crippen LogP contribution in [-0.2, 0) is 0 Å². The van der Waals surface area contributed by atoms with Crippen molar-refractivity contribution in [3.05, 3.63) is 0 Å². The molecule has 0 N–H and O–H groups in total. The van der Waals surface area contributed by atoms with E-state index in [9.17, 15) is 0 Å². The van der Waals surface area contributed by atoms with Gasteiger partial charge in [0.1, 0.15) is 0 Å². The summed E-state index contributed by atoms with van der Waals surface area (Å²) in [7, 11) is 0. The van der Waals surface area contributed by atoms with Crippen molar-refractivity contribution < 1.29 is 0 Å². The van der Waals surface area contributed by atoms with Gasteiger partial charge >= 0.3 is 0 Å². The molecule has 0 fully saturated rings. The second-order valence-electron chi connectivity index (χ2n) is 4.29. The fourth-order valence-corrected chi connectivity index (χ4v) is 1.74. The van der Waals surface area contributed by atoms with E-state index in [0.29, 0.717) is 0 Å². The van der Waals surface area contributed by atoms with Crippen LogP contribution in [0.1, 0.15) is 73.6 Å². The van der Waals surface area contributed by atoms with Crippen LogP contribution in [0.2, 0.25) is 0 Å². The van der Waals surface area contributed by atoms with Crippen LogP contribution in [0.4, 0.5) is 0 Å². The van der Waals surface area contributed by atoms with E-state index in [0.717, 1.165) is 11.8 Å². The molecular formula is C13H30. The van der Waals surface area contributed by atoms with Crippen molar-refractivity contribution in [2.45, 2.75) is 73.6 Å². The van der Waals surface area contributed by atoms with E-state index in [2.05, 4.69) is 27.7 Å². The van der Waals surface area contributed by atoms with Gasteiger partial charge in [-0.2, -0.15) is 0 Å². The number of hydrogen-bond donors (Lipinski definition) is 0. The maximum absolute atomic E-state index is 2.37. The molecule has 0 aliphatic heterocycles. The van der Waals surface area contributed by atoms with Gasteiger partial charge in [-0.1, -0.05) is 73.6 Å². The lowest BCUT2D eigenvalue weighted by molar-refractivity contribution is 0.320. The molecule has 0 aliphatic carbocycles. The van der Waals surface area contributed by atoms with Gasteiger partial charge in [-0.25, -0.2) is 0 Å². The molecular weight excluding hydrogens is 156 g/mol. The van der Waals surface area contributed by atoms with Gasteiger partial charge in [0, 0.05) is 0 Å². The molecule has 13 heavy (non-hydrogen) atoms. The molecule has 0 radical (unpaired) electrons. The van der Waals surface area contributed by atoms with Gasteiger partial charge in [-0.15, -0.1) is 0 Å². The van der Waals surface area contributed by atoms with Gasteiger partial charge in [-0.05, 0) is 11.8 Å². The summed E-state index contributed by atoms with van der Waals surface area (Å²) < 4.78 is 0. The lowest BCUT2D eigenvalue weighted by Gasteiger charge is -2.20. The molecule has 0 saturated carbocycles. The molecule has 0 aromatic heterocycles. The molecule has 0 spiro atoms. The Morgan fingerprint density at radius 3 is 1.46 bits per heavy atom. The van der Waals surface area contributed by atoms with Crippen LogP contribution in [0.15, 0.2) is 0 Å². The lowest BCUT2D eigenvalue weighted by Crippen LogP contribution is -2.08. The van der Waals surface area contributed by atoms with Crippen LogP contribution >= 0.6 is 0 Å². The summed E-state index contributed by atoms with van der Waals surface area (Å²) in [6, 6.07) is 0. The second kappa shape index (κ2) is 10.1. The van der Waals surface area contributed by atoms with Crippen molar-refractivity contribution in [3.8, 4) is 0 Å². The average Bonchev–Trinajstić information content (AvgIpc) is 2.04. The fraction of sp³-hybridized carbons (Fsp3) is 1.00. The minimum absolute atomic E-state index is 0. The molecule has 82 valence electrons. The first kappa shape index (κ1) is 15.5. The summed E-state index contributed by atoms with van der Waals surface area (Å²) in [5.74, 6) is 1.88. The number of hydrogen-bond acceptors (Lipinski definition) is 0. The van der Waals surface area contributed by atoms with Crippen molar-refractivity contribution in [1.82, 2.24) is 0 Å². The molecule has 0 rings (SSSR count). The van der Waals surface area contributed by atoms with E-state index in [1.165, 1.54) is 38.5 Å². The second-order valence-corrected chi connectivity index (χ2v) is 4.29. The third kappa shape index (κ3) is 8.33. The van der Waals surface area contributed by atoms with Crippen LogP contribution in [0.3, 0.4) is 0 Å². The maximum atomic E-state index is 2.37. The minimum atomic E-state index is 0. The zero-order valence-corrected chi connectivity index (χ0v) is 9.40. The molecule has 0 amide bonds. The first-order valence-corrected chi connectivity index (χ1v) is 5.72. The monoisotopic (exact) mass is 186 g/mol. The Hall–Kier alpha value is 0. The molecule has 0 nitrogen and oxygen atoms in total. The van der Waals surface area contributed by atoms with Crippen molar-refractivity contribution in [1.29, 1.82) is 0 Å². The maximum Gasteiger partial charge on any atom is -0.0391 e. The molecule has 0 heterocycles. The van der Waals surface area contributed by atoms with Gasteiger partial charge in [0.2, 0.25) is 0 Å². The van der Waals surface area contributed by atoms with E-state index in [1.807, 2.05) is 0 Å². The Morgan fingerprint density at radius 1 is 0.846 bits per heavy atom. The SMILES string of the molecule is C.CCCCC(CCCC)C(C)C. The third-order valence-electron chi connectivity index (χ3n) is 2.80. The van der Waals surface area contributed by atoms with Crippen LogP contribution < -0.4 is 0 Å². The van der Waals surface area contributed by atoms with E-state index < -0.39 is 0 Å². The van der Waals surface area contributed by atoms with Gasteiger partial charge in [0.25, 0.3) is 0 Å². The lowest BCUT2D eigenvalue weighted by atomic mass is 9.86. The van der Waals surface area contributed by atoms with Crippen LogP contribution in [0.5, 0.6) is 0 Å². The van der Waals surface area contributed by atoms with Crippen molar-refractivity contribution in [3.63, 3.8) is 0 Å². The first-order valence-electron chi connectivity index (χ1n) is 5.72. The molecule has 0 aliphatic rings. The highest BCUT2D eigenvalue weighted by atomic mass is 14.2. The number of unbranched alkanes of at least 4 members (excludes halogenated alkanes) is 2. The molecule has 0 unspecified atom stereocenters. The predicted octanol–water partition coefficient (Wildman–Crippen LogP) is 5.28. The summed E-state index contributed by atoms with van der Waals surface area (Å²) >= 11 is 0. The first-order chi connectivity index (χ1) is 5.72. The smallest absolute Gasteiger partial charge is 0.0391 e. The molecule has 0 saturated heterocycles. The molecule has 0 aromatic rings. The zero-order valence-electron chi connectivity index (χ0n) is 9.40. The zero-order chi connectivity index (χ0) is 9.40. The third-order valence-corrected chi connectivity index (χ3v) is 2.80. The van der Waals surface area contributed by atoms with E-state index >= 15 is 0 Å². The van der Waals surface area contributed by atoms with Gasteiger partial charge in [0.15, 0.2) is 0 Å². The van der Waals surface area contributed by atoms with Crippen LogP contribution in [0.25, 0.3) is 0 Å². The van der Waals surface area contributed by atoms with E-state index in [-0.39, 0.29) is 7.43 Å². The van der Waals surface area contributed by atoms with Gasteiger partial charge < -0.3 is 0 Å². The molecule has 0 heteroatoms. The van der Waals surface area contributed by atoms with Crippen molar-refractivity contribution in [2.75, 3.05) is 0 Å². The number of rotatable bonds is 7. The summed E-state index contributed by atoms with van der Waals surface area (Å²) in [5.41, 5.74) is 0. The highest BCUT2D eigenvalue weighted by Gasteiger charge is 2.11. The molecule has 0 bridgehead atoms. The predicted molar refractivity (Wildman–Crippen MR) is 64.1 cm³/mol. The molecule has 0 aromatic carbocycles. The van der Waals surface area contributed by atoms with E-state index in [1.54, 1.807) is 0 Å². The minimum Gasteiger partial charge on any atom is -0.0776 e. The quantitative estimate of drug-likeness (QED) is 0.508. The summed E-state index contributed by atoms with van der Waals surface area (Å²) in [4.78, 5) is 0. The Morgan fingerprint density at radius 2 is 1.23 bits per heavy atom. The summed E-state index contributed by atoms with van der Waals surface area (Å²) in [6.45, 7) is 9.32.